The minimum Gasteiger partial charge on any atom is -0.332 e. The van der Waals surface area contributed by atoms with E-state index in [1.54, 1.807) is 24.3 Å². The number of amides is 2. The van der Waals surface area contributed by atoms with Crippen LogP contribution in [0.2, 0.25) is 5.02 Å². The van der Waals surface area contributed by atoms with E-state index in [2.05, 4.69) is 16.0 Å². The number of carbonyl (C=O) groups is 2. The molecule has 0 saturated heterocycles. The normalized spacial score (nSPS) is 10.4. The van der Waals surface area contributed by atoms with E-state index in [1.807, 2.05) is 24.3 Å². The predicted molar refractivity (Wildman–Crippen MR) is 111 cm³/mol. The Bertz CT molecular complexity index is 1020. The summed E-state index contributed by atoms with van der Waals surface area (Å²) in [5.74, 6) is -0.538. The van der Waals surface area contributed by atoms with Gasteiger partial charge < -0.3 is 10.6 Å². The average molecular weight is 404 g/mol. The molecule has 1 aromatic heterocycles. The summed E-state index contributed by atoms with van der Waals surface area (Å²) in [5.41, 5.74) is 1.27. The van der Waals surface area contributed by atoms with Gasteiger partial charge in [0.25, 0.3) is 5.91 Å². The molecular formula is C18H14ClN3O2S2. The zero-order valence-corrected chi connectivity index (χ0v) is 16.0. The van der Waals surface area contributed by atoms with Crippen molar-refractivity contribution in [3.05, 3.63) is 58.4 Å². The molecule has 132 valence electrons. The van der Waals surface area contributed by atoms with Gasteiger partial charge in [-0.2, -0.15) is 0 Å². The van der Waals surface area contributed by atoms with Crippen LogP contribution in [0.3, 0.4) is 0 Å². The highest BCUT2D eigenvalue weighted by Crippen LogP contribution is 2.34. The average Bonchev–Trinajstić information content (AvgIpc) is 2.92. The van der Waals surface area contributed by atoms with Gasteiger partial charge >= 0.3 is 0 Å². The van der Waals surface area contributed by atoms with Gasteiger partial charge in [0.05, 0.1) is 5.02 Å². The van der Waals surface area contributed by atoms with Crippen molar-refractivity contribution in [1.82, 2.24) is 5.32 Å². The molecule has 0 aliphatic heterocycles. The fraction of sp³-hybridized carbons (Fsp3) is 0.0556. The number of benzene rings is 2. The second kappa shape index (κ2) is 7.82. The van der Waals surface area contributed by atoms with Crippen LogP contribution in [0.5, 0.6) is 0 Å². The lowest BCUT2D eigenvalue weighted by Gasteiger charge is -2.10. The van der Waals surface area contributed by atoms with Gasteiger partial charge in [-0.3, -0.25) is 14.9 Å². The number of hydrogen-bond donors (Lipinski definition) is 3. The van der Waals surface area contributed by atoms with Gasteiger partial charge in [0.15, 0.2) is 5.11 Å². The summed E-state index contributed by atoms with van der Waals surface area (Å²) in [7, 11) is 0. The van der Waals surface area contributed by atoms with Crippen molar-refractivity contribution in [2.24, 2.45) is 0 Å². The van der Waals surface area contributed by atoms with Crippen LogP contribution in [0.15, 0.2) is 48.5 Å². The van der Waals surface area contributed by atoms with Gasteiger partial charge in [0.1, 0.15) is 4.88 Å². The molecule has 0 spiro atoms. The molecular weight excluding hydrogens is 390 g/mol. The van der Waals surface area contributed by atoms with E-state index in [1.165, 1.54) is 18.3 Å². The molecule has 0 saturated carbocycles. The number of carbonyl (C=O) groups excluding carboxylic acids is 2. The van der Waals surface area contributed by atoms with Crippen LogP contribution >= 0.6 is 35.2 Å². The van der Waals surface area contributed by atoms with Crippen molar-refractivity contribution < 1.29 is 9.59 Å². The minimum absolute atomic E-state index is 0.142. The highest BCUT2D eigenvalue weighted by Gasteiger charge is 2.17. The number of hydrogen-bond acceptors (Lipinski definition) is 4. The monoisotopic (exact) mass is 403 g/mol. The summed E-state index contributed by atoms with van der Waals surface area (Å²) in [4.78, 5) is 24.0. The molecule has 3 rings (SSSR count). The van der Waals surface area contributed by atoms with Crippen molar-refractivity contribution in [2.45, 2.75) is 6.92 Å². The van der Waals surface area contributed by atoms with Crippen LogP contribution in [0.1, 0.15) is 16.6 Å². The standard InChI is InChI=1S/C18H14ClN3O2S2/c1-10(23)20-11-5-4-6-12(9-11)21-18(25)22-17(24)16-15(19)13-7-2-3-8-14(13)26-16/h2-9H,1H3,(H,20,23)(H2,21,22,24,25). The SMILES string of the molecule is CC(=O)Nc1cccc(NC(=S)NC(=O)c2sc3ccccc3c2Cl)c1. The highest BCUT2D eigenvalue weighted by atomic mass is 35.5. The molecule has 8 heteroatoms. The van der Waals surface area contributed by atoms with Crippen molar-refractivity contribution in [3.63, 3.8) is 0 Å². The van der Waals surface area contributed by atoms with Crippen LogP contribution in [-0.2, 0) is 4.79 Å². The van der Waals surface area contributed by atoms with Crippen molar-refractivity contribution >= 4 is 73.5 Å². The maximum Gasteiger partial charge on any atom is 0.269 e. The largest absolute Gasteiger partial charge is 0.332 e. The Hall–Kier alpha value is -2.48. The zero-order chi connectivity index (χ0) is 18.7. The molecule has 0 atom stereocenters. The first-order valence-corrected chi connectivity index (χ1v) is 9.21. The Balaban J connectivity index is 1.70. The summed E-state index contributed by atoms with van der Waals surface area (Å²) in [6.07, 6.45) is 0. The lowest BCUT2D eigenvalue weighted by atomic mass is 10.2. The first-order valence-electron chi connectivity index (χ1n) is 7.61. The van der Waals surface area contributed by atoms with E-state index < -0.39 is 0 Å². The molecule has 26 heavy (non-hydrogen) atoms. The Morgan fingerprint density at radius 2 is 1.73 bits per heavy atom. The molecule has 0 unspecified atom stereocenters. The molecule has 0 radical (unpaired) electrons. The summed E-state index contributed by atoms with van der Waals surface area (Å²) < 4.78 is 0.935. The van der Waals surface area contributed by atoms with Gasteiger partial charge in [0.2, 0.25) is 5.91 Å². The number of nitrogens with one attached hydrogen (secondary N) is 3. The number of thiocarbonyl (C=S) groups is 1. The van der Waals surface area contributed by atoms with Crippen molar-refractivity contribution in [2.75, 3.05) is 10.6 Å². The molecule has 0 aliphatic carbocycles. The Morgan fingerprint density at radius 1 is 1.04 bits per heavy atom. The fourth-order valence-corrected chi connectivity index (χ4v) is 3.98. The van der Waals surface area contributed by atoms with Crippen LogP contribution < -0.4 is 16.0 Å². The molecule has 2 aromatic carbocycles. The third-order valence-corrected chi connectivity index (χ3v) is 5.29. The number of fused-ring (bicyclic) bond motifs is 1. The zero-order valence-electron chi connectivity index (χ0n) is 13.6. The third kappa shape index (κ3) is 4.19. The molecule has 0 aliphatic rings. The molecule has 3 N–H and O–H groups in total. The van der Waals surface area contributed by atoms with E-state index in [4.69, 9.17) is 23.8 Å². The molecule has 1 heterocycles. The summed E-state index contributed by atoms with van der Waals surface area (Å²) >= 11 is 12.8. The van der Waals surface area contributed by atoms with Gasteiger partial charge in [-0.25, -0.2) is 0 Å². The Kier molecular flexibility index (Phi) is 5.51. The number of anilines is 2. The van der Waals surface area contributed by atoms with Crippen LogP contribution in [-0.4, -0.2) is 16.9 Å². The predicted octanol–water partition coefficient (Wildman–Crippen LogP) is 4.64. The number of thiophene rings is 1. The van der Waals surface area contributed by atoms with E-state index in [0.717, 1.165) is 10.1 Å². The van der Waals surface area contributed by atoms with Gasteiger partial charge in [-0.1, -0.05) is 35.9 Å². The van der Waals surface area contributed by atoms with Crippen LogP contribution in [0.4, 0.5) is 11.4 Å². The lowest BCUT2D eigenvalue weighted by molar-refractivity contribution is -0.114. The molecule has 2 amide bonds. The smallest absolute Gasteiger partial charge is 0.269 e. The molecule has 3 aromatic rings. The third-order valence-electron chi connectivity index (χ3n) is 3.41. The minimum atomic E-state index is -0.369. The number of rotatable bonds is 3. The summed E-state index contributed by atoms with van der Waals surface area (Å²) in [5, 5.41) is 9.62. The van der Waals surface area contributed by atoms with Gasteiger partial charge in [0, 0.05) is 28.4 Å². The molecule has 5 nitrogen and oxygen atoms in total. The van der Waals surface area contributed by atoms with E-state index in [-0.39, 0.29) is 16.9 Å². The first-order chi connectivity index (χ1) is 12.4. The Morgan fingerprint density at radius 3 is 2.42 bits per heavy atom. The van der Waals surface area contributed by atoms with Crippen LogP contribution in [0, 0.1) is 0 Å². The number of halogens is 1. The van der Waals surface area contributed by atoms with E-state index >= 15 is 0 Å². The lowest BCUT2D eigenvalue weighted by Crippen LogP contribution is -2.33. The molecule has 0 fully saturated rings. The maximum absolute atomic E-state index is 12.5. The summed E-state index contributed by atoms with van der Waals surface area (Å²) in [6, 6.07) is 14.6. The maximum atomic E-state index is 12.5. The van der Waals surface area contributed by atoms with Crippen molar-refractivity contribution in [1.29, 1.82) is 0 Å². The fourth-order valence-electron chi connectivity index (χ4n) is 2.36. The summed E-state index contributed by atoms with van der Waals surface area (Å²) in [6.45, 7) is 1.43. The van der Waals surface area contributed by atoms with Gasteiger partial charge in [-0.15, -0.1) is 11.3 Å². The van der Waals surface area contributed by atoms with Gasteiger partial charge in [-0.05, 0) is 36.5 Å². The topological polar surface area (TPSA) is 70.2 Å². The quantitative estimate of drug-likeness (QED) is 0.557. The second-order valence-electron chi connectivity index (χ2n) is 5.41. The highest BCUT2D eigenvalue weighted by molar-refractivity contribution is 7.80. The van der Waals surface area contributed by atoms with E-state index in [0.29, 0.717) is 21.3 Å². The van der Waals surface area contributed by atoms with E-state index in [9.17, 15) is 9.59 Å². The van der Waals surface area contributed by atoms with Crippen molar-refractivity contribution in [3.8, 4) is 0 Å². The Labute approximate surface area is 164 Å². The second-order valence-corrected chi connectivity index (χ2v) is 7.25. The molecule has 0 bridgehead atoms. The van der Waals surface area contributed by atoms with Crippen LogP contribution in [0.25, 0.3) is 10.1 Å². The first kappa shape index (κ1) is 18.3.